The van der Waals surface area contributed by atoms with Crippen molar-refractivity contribution in [1.82, 2.24) is 5.43 Å². The van der Waals surface area contributed by atoms with Gasteiger partial charge < -0.3 is 9.52 Å². The number of nitrogen functional groups attached to an aromatic ring is 1. The first-order valence-corrected chi connectivity index (χ1v) is 6.03. The highest BCUT2D eigenvalue weighted by Gasteiger charge is 2.10. The number of aliphatic hydroxyl groups is 1. The number of hydrazine groups is 1. The van der Waals surface area contributed by atoms with Gasteiger partial charge in [-0.3, -0.25) is 10.2 Å². The van der Waals surface area contributed by atoms with E-state index in [0.717, 1.165) is 12.2 Å². The molecule has 0 saturated carbocycles. The molecule has 0 aromatic carbocycles. The van der Waals surface area contributed by atoms with Crippen molar-refractivity contribution in [2.24, 2.45) is 5.84 Å². The number of nitrogens with two attached hydrogens (primary N) is 1. The number of carbonyl (C=O) groups excluding carboxylic acids is 1. The molecule has 0 aliphatic carbocycles. The Morgan fingerprint density at radius 3 is 3.12 bits per heavy atom. The second-order valence-corrected chi connectivity index (χ2v) is 4.84. The topological polar surface area (TPSA) is 88.5 Å². The SMILES string of the molecule is CC(CCO)SCc1cc(C(=O)NN)co1. The largest absolute Gasteiger partial charge is 0.468 e. The van der Waals surface area contributed by atoms with Crippen LogP contribution in [-0.4, -0.2) is 22.9 Å². The Balaban J connectivity index is 2.43. The monoisotopic (exact) mass is 244 g/mol. The highest BCUT2D eigenvalue weighted by Crippen LogP contribution is 2.21. The fraction of sp³-hybridized carbons (Fsp3) is 0.500. The molecule has 1 heterocycles. The zero-order chi connectivity index (χ0) is 12.0. The standard InChI is InChI=1S/C10H16N2O3S/c1-7(2-3-13)16-6-9-4-8(5-15-9)10(14)12-11/h4-5,7,13H,2-3,6,11H2,1H3,(H,12,14). The smallest absolute Gasteiger partial charge is 0.268 e. The third-order valence-electron chi connectivity index (χ3n) is 2.09. The molecule has 1 rings (SSSR count). The lowest BCUT2D eigenvalue weighted by Crippen LogP contribution is -2.29. The van der Waals surface area contributed by atoms with E-state index in [1.165, 1.54) is 6.26 Å². The van der Waals surface area contributed by atoms with E-state index in [2.05, 4.69) is 0 Å². The van der Waals surface area contributed by atoms with Gasteiger partial charge in [-0.05, 0) is 12.5 Å². The van der Waals surface area contributed by atoms with Crippen LogP contribution < -0.4 is 11.3 Å². The van der Waals surface area contributed by atoms with Crippen LogP contribution in [0.3, 0.4) is 0 Å². The van der Waals surface area contributed by atoms with Crippen molar-refractivity contribution >= 4 is 17.7 Å². The first-order chi connectivity index (χ1) is 7.67. The Bertz CT molecular complexity index is 341. The third-order valence-corrected chi connectivity index (χ3v) is 3.35. The number of amides is 1. The normalized spacial score (nSPS) is 12.4. The lowest BCUT2D eigenvalue weighted by atomic mass is 10.3. The Morgan fingerprint density at radius 2 is 2.50 bits per heavy atom. The lowest BCUT2D eigenvalue weighted by Gasteiger charge is -2.06. The zero-order valence-corrected chi connectivity index (χ0v) is 9.92. The van der Waals surface area contributed by atoms with Gasteiger partial charge in [0.2, 0.25) is 0 Å². The fourth-order valence-electron chi connectivity index (χ4n) is 1.15. The van der Waals surface area contributed by atoms with Gasteiger partial charge in [0.05, 0.1) is 11.3 Å². The van der Waals surface area contributed by atoms with Crippen LogP contribution in [0.4, 0.5) is 0 Å². The van der Waals surface area contributed by atoms with Crippen molar-refractivity contribution < 1.29 is 14.3 Å². The average molecular weight is 244 g/mol. The molecule has 0 radical (unpaired) electrons. The molecular weight excluding hydrogens is 228 g/mol. The van der Waals surface area contributed by atoms with Gasteiger partial charge in [-0.15, -0.1) is 0 Å². The summed E-state index contributed by atoms with van der Waals surface area (Å²) in [6.45, 7) is 2.23. The summed E-state index contributed by atoms with van der Waals surface area (Å²) in [5.74, 6) is 6.05. The first kappa shape index (κ1) is 13.1. The maximum absolute atomic E-state index is 11.1. The van der Waals surface area contributed by atoms with E-state index in [4.69, 9.17) is 15.4 Å². The number of hydrogen-bond donors (Lipinski definition) is 3. The zero-order valence-electron chi connectivity index (χ0n) is 9.10. The number of aliphatic hydroxyl groups excluding tert-OH is 1. The summed E-state index contributed by atoms with van der Waals surface area (Å²) < 4.78 is 5.22. The van der Waals surface area contributed by atoms with Gasteiger partial charge in [0.15, 0.2) is 0 Å². The molecule has 0 aliphatic heterocycles. The second-order valence-electron chi connectivity index (χ2n) is 3.41. The van der Waals surface area contributed by atoms with Gasteiger partial charge >= 0.3 is 0 Å². The van der Waals surface area contributed by atoms with E-state index in [9.17, 15) is 4.79 Å². The quantitative estimate of drug-likeness (QED) is 0.393. The molecular formula is C10H16N2O3S. The van der Waals surface area contributed by atoms with Gasteiger partial charge in [-0.1, -0.05) is 6.92 Å². The van der Waals surface area contributed by atoms with Crippen LogP contribution in [0.2, 0.25) is 0 Å². The highest BCUT2D eigenvalue weighted by atomic mass is 32.2. The Labute approximate surface area is 98.4 Å². The van der Waals surface area contributed by atoms with Crippen molar-refractivity contribution in [3.05, 3.63) is 23.7 Å². The Morgan fingerprint density at radius 1 is 1.75 bits per heavy atom. The molecule has 0 fully saturated rings. The minimum Gasteiger partial charge on any atom is -0.468 e. The van der Waals surface area contributed by atoms with Gasteiger partial charge in [0.25, 0.3) is 5.91 Å². The van der Waals surface area contributed by atoms with E-state index < -0.39 is 0 Å². The number of thioether (sulfide) groups is 1. The minimum absolute atomic E-state index is 0.188. The van der Waals surface area contributed by atoms with Crippen LogP contribution in [0, 0.1) is 0 Å². The summed E-state index contributed by atoms with van der Waals surface area (Å²) in [6, 6.07) is 1.67. The van der Waals surface area contributed by atoms with Crippen molar-refractivity contribution in [1.29, 1.82) is 0 Å². The molecule has 1 unspecified atom stereocenters. The summed E-state index contributed by atoms with van der Waals surface area (Å²) in [7, 11) is 0. The van der Waals surface area contributed by atoms with E-state index in [1.807, 2.05) is 12.3 Å². The van der Waals surface area contributed by atoms with Crippen molar-refractivity contribution in [3.63, 3.8) is 0 Å². The predicted molar refractivity (Wildman–Crippen MR) is 62.8 cm³/mol. The Hall–Kier alpha value is -0.980. The molecule has 1 amide bonds. The van der Waals surface area contributed by atoms with Crippen LogP contribution >= 0.6 is 11.8 Å². The number of carbonyl (C=O) groups is 1. The van der Waals surface area contributed by atoms with Crippen LogP contribution in [0.1, 0.15) is 29.5 Å². The van der Waals surface area contributed by atoms with Gasteiger partial charge in [-0.2, -0.15) is 11.8 Å². The fourth-order valence-corrected chi connectivity index (χ4v) is 2.02. The van der Waals surface area contributed by atoms with Crippen molar-refractivity contribution in [3.8, 4) is 0 Å². The molecule has 0 aliphatic rings. The van der Waals surface area contributed by atoms with E-state index in [1.54, 1.807) is 17.8 Å². The molecule has 0 saturated heterocycles. The lowest BCUT2D eigenvalue weighted by molar-refractivity contribution is 0.0953. The molecule has 1 aromatic heterocycles. The molecule has 16 heavy (non-hydrogen) atoms. The summed E-state index contributed by atoms with van der Waals surface area (Å²) in [6.07, 6.45) is 2.14. The number of rotatable bonds is 6. The first-order valence-electron chi connectivity index (χ1n) is 4.98. The van der Waals surface area contributed by atoms with E-state index >= 15 is 0 Å². The van der Waals surface area contributed by atoms with Crippen molar-refractivity contribution in [2.75, 3.05) is 6.61 Å². The van der Waals surface area contributed by atoms with Crippen molar-refractivity contribution in [2.45, 2.75) is 24.3 Å². The average Bonchev–Trinajstić information content (AvgIpc) is 2.74. The molecule has 1 aromatic rings. The van der Waals surface area contributed by atoms with Gasteiger partial charge in [0.1, 0.15) is 12.0 Å². The molecule has 90 valence electrons. The van der Waals surface area contributed by atoms with Crippen LogP contribution in [-0.2, 0) is 5.75 Å². The number of nitrogens with one attached hydrogen (secondary N) is 1. The third kappa shape index (κ3) is 3.88. The summed E-state index contributed by atoms with van der Waals surface area (Å²) in [5, 5.41) is 9.10. The molecule has 6 heteroatoms. The van der Waals surface area contributed by atoms with Gasteiger partial charge in [0, 0.05) is 11.9 Å². The molecule has 5 nitrogen and oxygen atoms in total. The summed E-state index contributed by atoms with van der Waals surface area (Å²) >= 11 is 1.67. The molecule has 4 N–H and O–H groups in total. The molecule has 0 spiro atoms. The van der Waals surface area contributed by atoms with Crippen LogP contribution in [0.5, 0.6) is 0 Å². The van der Waals surface area contributed by atoms with Crippen LogP contribution in [0.25, 0.3) is 0 Å². The summed E-state index contributed by atoms with van der Waals surface area (Å²) in [5.41, 5.74) is 2.46. The Kier molecular flexibility index (Phi) is 5.37. The maximum atomic E-state index is 11.1. The van der Waals surface area contributed by atoms with Gasteiger partial charge in [-0.25, -0.2) is 5.84 Å². The van der Waals surface area contributed by atoms with Crippen LogP contribution in [0.15, 0.2) is 16.7 Å². The number of furan rings is 1. The van der Waals surface area contributed by atoms with E-state index in [-0.39, 0.29) is 12.5 Å². The minimum atomic E-state index is -0.358. The summed E-state index contributed by atoms with van der Waals surface area (Å²) in [4.78, 5) is 11.1. The number of hydrogen-bond acceptors (Lipinski definition) is 5. The second kappa shape index (κ2) is 6.57. The predicted octanol–water partition coefficient (Wildman–Crippen LogP) is 0.887. The highest BCUT2D eigenvalue weighted by molar-refractivity contribution is 7.99. The van der Waals surface area contributed by atoms with E-state index in [0.29, 0.717) is 16.6 Å². The maximum Gasteiger partial charge on any atom is 0.268 e. The molecule has 0 bridgehead atoms. The molecule has 1 atom stereocenters.